The van der Waals surface area contributed by atoms with Gasteiger partial charge in [-0.15, -0.1) is 0 Å². The average molecular weight is 287 g/mol. The molecule has 0 radical (unpaired) electrons. The second kappa shape index (κ2) is 8.13. The van der Waals surface area contributed by atoms with Crippen molar-refractivity contribution in [2.24, 2.45) is 0 Å². The predicted octanol–water partition coefficient (Wildman–Crippen LogP) is 0.940. The van der Waals surface area contributed by atoms with Gasteiger partial charge >= 0.3 is 11.8 Å². The molecule has 0 aliphatic heterocycles. The number of amides is 1. The first-order valence-electron chi connectivity index (χ1n) is 6.44. The zero-order valence-corrected chi connectivity index (χ0v) is 11.3. The summed E-state index contributed by atoms with van der Waals surface area (Å²) >= 11 is 0. The van der Waals surface area contributed by atoms with E-state index in [2.05, 4.69) is 12.2 Å². The molecule has 0 atom stereocenters. The highest BCUT2D eigenvalue weighted by atomic mass is 19.1. The van der Waals surface area contributed by atoms with Crippen LogP contribution in [0.4, 0.5) is 9.18 Å². The van der Waals surface area contributed by atoms with Gasteiger partial charge in [0.15, 0.2) is 6.73 Å². The van der Waals surface area contributed by atoms with Gasteiger partial charge in [0.1, 0.15) is 0 Å². The Morgan fingerprint density at radius 3 is 2.85 bits per heavy atom. The van der Waals surface area contributed by atoms with Gasteiger partial charge in [-0.2, -0.15) is 4.39 Å². The Labute approximate surface area is 114 Å². The van der Waals surface area contributed by atoms with Crippen LogP contribution in [0.5, 0.6) is 0 Å². The smallest absolute Gasteiger partial charge is 0.408 e. The third kappa shape index (κ3) is 5.25. The van der Waals surface area contributed by atoms with Crippen LogP contribution in [0, 0.1) is 5.82 Å². The maximum Gasteiger partial charge on any atom is 0.408 e. The summed E-state index contributed by atoms with van der Waals surface area (Å²) in [6, 6.07) is 0. The third-order valence-electron chi connectivity index (χ3n) is 2.60. The van der Waals surface area contributed by atoms with Crippen LogP contribution in [0.2, 0.25) is 0 Å². The van der Waals surface area contributed by atoms with Crippen LogP contribution in [0.3, 0.4) is 0 Å². The van der Waals surface area contributed by atoms with Crippen LogP contribution >= 0.6 is 0 Å². The maximum atomic E-state index is 12.9. The van der Waals surface area contributed by atoms with Gasteiger partial charge in [-0.1, -0.05) is 26.2 Å². The normalized spacial score (nSPS) is 10.3. The lowest BCUT2D eigenvalue weighted by Gasteiger charge is -2.08. The second-order valence-corrected chi connectivity index (χ2v) is 4.25. The van der Waals surface area contributed by atoms with Gasteiger partial charge in [0.05, 0.1) is 6.20 Å². The number of hydrogen-bond acceptors (Lipinski definition) is 4. The first kappa shape index (κ1) is 15.9. The average Bonchev–Trinajstić information content (AvgIpc) is 2.41. The third-order valence-corrected chi connectivity index (χ3v) is 2.60. The quantitative estimate of drug-likeness (QED) is 0.730. The van der Waals surface area contributed by atoms with Crippen molar-refractivity contribution < 1.29 is 13.9 Å². The standard InChI is InChI=1S/C12H18FN3O4/c1-2-3-4-5-6-14-12(19)20-8-16-7-9(13)10(17)15-11(16)18/h7H,2-6,8H2,1H3,(H,14,19)(H,15,17,18). The van der Waals surface area contributed by atoms with Gasteiger partial charge < -0.3 is 10.1 Å². The Balaban J connectivity index is 2.36. The minimum Gasteiger partial charge on any atom is -0.428 e. The van der Waals surface area contributed by atoms with Gasteiger partial charge in [0.25, 0.3) is 5.56 Å². The molecule has 7 nitrogen and oxygen atoms in total. The number of alkyl carbamates (subject to hydrolysis) is 1. The number of nitrogens with one attached hydrogen (secondary N) is 2. The van der Waals surface area contributed by atoms with Crippen molar-refractivity contribution in [1.29, 1.82) is 0 Å². The molecule has 0 unspecified atom stereocenters. The molecule has 0 spiro atoms. The van der Waals surface area contributed by atoms with Crippen molar-refractivity contribution in [1.82, 2.24) is 14.9 Å². The lowest BCUT2D eigenvalue weighted by Crippen LogP contribution is -2.34. The molecule has 1 amide bonds. The van der Waals surface area contributed by atoms with E-state index < -0.39 is 29.9 Å². The number of aromatic nitrogens is 2. The molecule has 2 N–H and O–H groups in total. The number of unbranched alkanes of at least 4 members (excludes halogenated alkanes) is 3. The van der Waals surface area contributed by atoms with Crippen molar-refractivity contribution in [3.05, 3.63) is 32.9 Å². The number of rotatable bonds is 7. The van der Waals surface area contributed by atoms with E-state index in [0.29, 0.717) is 12.7 Å². The molecule has 20 heavy (non-hydrogen) atoms. The molecule has 0 saturated heterocycles. The van der Waals surface area contributed by atoms with Crippen LogP contribution in [0.1, 0.15) is 32.6 Å². The van der Waals surface area contributed by atoms with E-state index >= 15 is 0 Å². The number of aromatic amines is 1. The van der Waals surface area contributed by atoms with E-state index in [9.17, 15) is 18.8 Å². The number of ether oxygens (including phenoxy) is 1. The molecule has 0 aromatic carbocycles. The van der Waals surface area contributed by atoms with Crippen molar-refractivity contribution in [2.45, 2.75) is 39.3 Å². The number of halogens is 1. The predicted molar refractivity (Wildman–Crippen MR) is 69.9 cm³/mol. The molecule has 1 heterocycles. The monoisotopic (exact) mass is 287 g/mol. The number of carbonyl (C=O) groups is 1. The molecule has 112 valence electrons. The summed E-state index contributed by atoms with van der Waals surface area (Å²) < 4.78 is 18.4. The van der Waals surface area contributed by atoms with E-state index in [4.69, 9.17) is 4.74 Å². The highest BCUT2D eigenvalue weighted by Crippen LogP contribution is 1.97. The van der Waals surface area contributed by atoms with Gasteiger partial charge in [-0.05, 0) is 6.42 Å². The number of hydrogen-bond donors (Lipinski definition) is 2. The van der Waals surface area contributed by atoms with Gasteiger partial charge in [-0.25, -0.2) is 9.59 Å². The Morgan fingerprint density at radius 1 is 1.40 bits per heavy atom. The van der Waals surface area contributed by atoms with Gasteiger partial charge in [-0.3, -0.25) is 14.3 Å². The lowest BCUT2D eigenvalue weighted by molar-refractivity contribution is 0.111. The summed E-state index contributed by atoms with van der Waals surface area (Å²) in [7, 11) is 0. The van der Waals surface area contributed by atoms with Crippen molar-refractivity contribution in [3.8, 4) is 0 Å². The van der Waals surface area contributed by atoms with Crippen molar-refractivity contribution in [2.75, 3.05) is 6.54 Å². The Morgan fingerprint density at radius 2 is 2.15 bits per heavy atom. The molecule has 0 bridgehead atoms. The summed E-state index contributed by atoms with van der Waals surface area (Å²) in [5, 5.41) is 2.52. The zero-order chi connectivity index (χ0) is 15.0. The van der Waals surface area contributed by atoms with Gasteiger partial charge in [0, 0.05) is 6.54 Å². The molecule has 1 aromatic heterocycles. The summed E-state index contributed by atoms with van der Waals surface area (Å²) in [5.74, 6) is -1.12. The van der Waals surface area contributed by atoms with Crippen LogP contribution in [-0.2, 0) is 11.5 Å². The Kier molecular flexibility index (Phi) is 6.48. The van der Waals surface area contributed by atoms with Gasteiger partial charge in [0.2, 0.25) is 5.82 Å². The molecule has 1 aromatic rings. The first-order chi connectivity index (χ1) is 9.54. The van der Waals surface area contributed by atoms with Crippen LogP contribution < -0.4 is 16.6 Å². The van der Waals surface area contributed by atoms with E-state index in [1.165, 1.54) is 0 Å². The van der Waals surface area contributed by atoms with E-state index in [-0.39, 0.29) is 0 Å². The van der Waals surface area contributed by atoms with Crippen molar-refractivity contribution >= 4 is 6.09 Å². The molecule has 0 fully saturated rings. The molecule has 1 rings (SSSR count). The van der Waals surface area contributed by atoms with E-state index in [1.807, 2.05) is 0 Å². The Bertz CT molecular complexity index is 552. The van der Waals surface area contributed by atoms with Crippen LogP contribution in [-0.4, -0.2) is 22.2 Å². The topological polar surface area (TPSA) is 93.2 Å². The van der Waals surface area contributed by atoms with Crippen LogP contribution in [0.25, 0.3) is 0 Å². The summed E-state index contributed by atoms with van der Waals surface area (Å²) in [5.41, 5.74) is -1.95. The lowest BCUT2D eigenvalue weighted by atomic mass is 10.2. The molecule has 0 saturated carbocycles. The maximum absolute atomic E-state index is 12.9. The molecule has 8 heteroatoms. The highest BCUT2D eigenvalue weighted by Gasteiger charge is 2.06. The van der Waals surface area contributed by atoms with Crippen molar-refractivity contribution in [3.63, 3.8) is 0 Å². The molecule has 0 aliphatic rings. The highest BCUT2D eigenvalue weighted by molar-refractivity contribution is 5.66. The SMILES string of the molecule is CCCCCCNC(=O)OCn1cc(F)c(=O)[nH]c1=O. The molecular weight excluding hydrogens is 269 g/mol. The first-order valence-corrected chi connectivity index (χ1v) is 6.44. The fraction of sp³-hybridized carbons (Fsp3) is 0.583. The fourth-order valence-corrected chi connectivity index (χ4v) is 1.50. The summed E-state index contributed by atoms with van der Waals surface area (Å²) in [6.45, 7) is 2.10. The fourth-order valence-electron chi connectivity index (χ4n) is 1.50. The minimum absolute atomic E-state index is 0.465. The zero-order valence-electron chi connectivity index (χ0n) is 11.3. The summed E-state index contributed by atoms with van der Waals surface area (Å²) in [4.78, 5) is 35.1. The number of nitrogens with zero attached hydrogens (tertiary/aromatic N) is 1. The second-order valence-electron chi connectivity index (χ2n) is 4.25. The number of carbonyl (C=O) groups excluding carboxylic acids is 1. The van der Waals surface area contributed by atoms with E-state index in [0.717, 1.165) is 30.3 Å². The van der Waals surface area contributed by atoms with E-state index in [1.54, 1.807) is 4.98 Å². The Hall–Kier alpha value is -2.12. The van der Waals surface area contributed by atoms with Crippen LogP contribution in [0.15, 0.2) is 15.8 Å². The molecule has 0 aliphatic carbocycles. The number of H-pyrrole nitrogens is 1. The largest absolute Gasteiger partial charge is 0.428 e. The summed E-state index contributed by atoms with van der Waals surface area (Å²) in [6.07, 6.45) is 4.06. The molecular formula is C12H18FN3O4. The minimum atomic E-state index is -1.12.